The van der Waals surface area contributed by atoms with Crippen molar-refractivity contribution in [3.63, 3.8) is 0 Å². The van der Waals surface area contributed by atoms with Crippen molar-refractivity contribution in [1.82, 2.24) is 4.90 Å². The fourth-order valence-electron chi connectivity index (χ4n) is 0.665. The summed E-state index contributed by atoms with van der Waals surface area (Å²) < 4.78 is 13.6. The maximum atomic E-state index is 12.8. The largest absolute Gasteiger partial charge is 0.353 e. The SMILES string of the molecule is C=C1C(F)=CN(C)C=C1I. The molecule has 0 fully saturated rings. The average Bonchev–Trinajstić information content (AvgIpc) is 1.82. The van der Waals surface area contributed by atoms with Gasteiger partial charge >= 0.3 is 0 Å². The lowest BCUT2D eigenvalue weighted by molar-refractivity contribution is 0.554. The summed E-state index contributed by atoms with van der Waals surface area (Å²) >= 11 is 2.05. The second kappa shape index (κ2) is 2.74. The molecule has 0 aromatic heterocycles. The smallest absolute Gasteiger partial charge is 0.147 e. The predicted octanol–water partition coefficient (Wildman–Crippen LogP) is 2.58. The molecule has 0 amide bonds. The van der Waals surface area contributed by atoms with Crippen molar-refractivity contribution < 1.29 is 4.39 Å². The first-order valence-electron chi connectivity index (χ1n) is 2.77. The van der Waals surface area contributed by atoms with Gasteiger partial charge in [0, 0.05) is 28.6 Å². The van der Waals surface area contributed by atoms with Gasteiger partial charge in [-0.1, -0.05) is 6.58 Å². The monoisotopic (exact) mass is 251 g/mol. The zero-order valence-electron chi connectivity index (χ0n) is 5.56. The second-order valence-corrected chi connectivity index (χ2v) is 3.26. The van der Waals surface area contributed by atoms with E-state index in [-0.39, 0.29) is 5.83 Å². The van der Waals surface area contributed by atoms with Crippen LogP contribution in [-0.2, 0) is 0 Å². The van der Waals surface area contributed by atoms with Gasteiger partial charge in [-0.25, -0.2) is 4.39 Å². The molecule has 1 rings (SSSR count). The van der Waals surface area contributed by atoms with Gasteiger partial charge in [0.05, 0.1) is 0 Å². The van der Waals surface area contributed by atoms with Crippen LogP contribution >= 0.6 is 22.6 Å². The van der Waals surface area contributed by atoms with Crippen LogP contribution in [0.15, 0.2) is 34.0 Å². The Morgan fingerprint density at radius 2 is 2.20 bits per heavy atom. The molecule has 1 nitrogen and oxygen atoms in total. The number of halogens is 2. The summed E-state index contributed by atoms with van der Waals surface area (Å²) in [5.74, 6) is -0.255. The maximum absolute atomic E-state index is 12.8. The molecule has 10 heavy (non-hydrogen) atoms. The zero-order valence-corrected chi connectivity index (χ0v) is 7.72. The van der Waals surface area contributed by atoms with Gasteiger partial charge in [0.25, 0.3) is 0 Å². The molecule has 0 atom stereocenters. The molecule has 0 aromatic carbocycles. The molecule has 0 aliphatic carbocycles. The third-order valence-corrected chi connectivity index (χ3v) is 2.14. The van der Waals surface area contributed by atoms with Crippen LogP contribution in [-0.4, -0.2) is 11.9 Å². The standard InChI is InChI=1S/C7H7FIN/c1-5-6(8)3-10(2)4-7(5)9/h3-4H,1H2,2H3. The van der Waals surface area contributed by atoms with Crippen LogP contribution < -0.4 is 0 Å². The van der Waals surface area contributed by atoms with Crippen molar-refractivity contribution in [2.75, 3.05) is 7.05 Å². The molecule has 0 saturated carbocycles. The highest BCUT2D eigenvalue weighted by Crippen LogP contribution is 2.28. The van der Waals surface area contributed by atoms with E-state index in [1.54, 1.807) is 11.9 Å². The summed E-state index contributed by atoms with van der Waals surface area (Å²) in [7, 11) is 1.78. The number of rotatable bonds is 0. The van der Waals surface area contributed by atoms with Crippen molar-refractivity contribution in [2.45, 2.75) is 0 Å². The van der Waals surface area contributed by atoms with Crippen molar-refractivity contribution in [2.24, 2.45) is 0 Å². The van der Waals surface area contributed by atoms with E-state index < -0.39 is 0 Å². The van der Waals surface area contributed by atoms with Gasteiger partial charge in [-0.2, -0.15) is 0 Å². The minimum absolute atomic E-state index is 0.255. The second-order valence-electron chi connectivity index (χ2n) is 2.10. The predicted molar refractivity (Wildman–Crippen MR) is 48.2 cm³/mol. The highest BCUT2D eigenvalue weighted by atomic mass is 127. The van der Waals surface area contributed by atoms with E-state index in [9.17, 15) is 4.39 Å². The Balaban J connectivity index is 2.94. The van der Waals surface area contributed by atoms with Crippen LogP contribution in [0.25, 0.3) is 0 Å². The van der Waals surface area contributed by atoms with Crippen molar-refractivity contribution >= 4 is 22.6 Å². The summed E-state index contributed by atoms with van der Waals surface area (Å²) in [5, 5.41) is 0. The van der Waals surface area contributed by atoms with Gasteiger partial charge in [0.1, 0.15) is 5.83 Å². The lowest BCUT2D eigenvalue weighted by Gasteiger charge is -2.15. The number of allylic oxidation sites excluding steroid dienone is 3. The molecule has 0 aromatic rings. The van der Waals surface area contributed by atoms with Crippen LogP contribution in [0.4, 0.5) is 4.39 Å². The van der Waals surface area contributed by atoms with E-state index in [1.165, 1.54) is 6.20 Å². The molecule has 0 N–H and O–H groups in total. The topological polar surface area (TPSA) is 3.24 Å². The number of nitrogens with zero attached hydrogens (tertiary/aromatic N) is 1. The minimum atomic E-state index is -0.255. The molecule has 0 bridgehead atoms. The summed E-state index contributed by atoms with van der Waals surface area (Å²) in [5.41, 5.74) is 0.471. The fourth-order valence-corrected chi connectivity index (χ4v) is 1.36. The van der Waals surface area contributed by atoms with E-state index in [2.05, 4.69) is 29.2 Å². The van der Waals surface area contributed by atoms with Crippen LogP contribution in [0.3, 0.4) is 0 Å². The van der Waals surface area contributed by atoms with Crippen LogP contribution in [0.2, 0.25) is 0 Å². The molecule has 0 saturated heterocycles. The van der Waals surface area contributed by atoms with E-state index in [4.69, 9.17) is 0 Å². The number of hydrogen-bond donors (Lipinski definition) is 0. The Morgan fingerprint density at radius 3 is 2.70 bits per heavy atom. The lowest BCUT2D eigenvalue weighted by atomic mass is 10.2. The molecule has 1 aliphatic heterocycles. The fraction of sp³-hybridized carbons (Fsp3) is 0.143. The molecule has 1 heterocycles. The van der Waals surface area contributed by atoms with Crippen LogP contribution in [0, 0.1) is 0 Å². The van der Waals surface area contributed by atoms with Gasteiger partial charge in [0.15, 0.2) is 0 Å². The first-order chi connectivity index (χ1) is 4.61. The third-order valence-electron chi connectivity index (χ3n) is 1.21. The minimum Gasteiger partial charge on any atom is -0.353 e. The van der Waals surface area contributed by atoms with E-state index >= 15 is 0 Å². The summed E-state index contributed by atoms with van der Waals surface area (Å²) in [6.07, 6.45) is 3.23. The highest BCUT2D eigenvalue weighted by molar-refractivity contribution is 14.1. The summed E-state index contributed by atoms with van der Waals surface area (Å²) in [6, 6.07) is 0. The molecule has 1 aliphatic rings. The summed E-state index contributed by atoms with van der Waals surface area (Å²) in [6.45, 7) is 3.56. The lowest BCUT2D eigenvalue weighted by Crippen LogP contribution is -2.07. The van der Waals surface area contributed by atoms with Gasteiger partial charge < -0.3 is 4.90 Å². The van der Waals surface area contributed by atoms with Crippen molar-refractivity contribution in [1.29, 1.82) is 0 Å². The Morgan fingerprint density at radius 1 is 1.60 bits per heavy atom. The van der Waals surface area contributed by atoms with E-state index in [0.29, 0.717) is 5.57 Å². The Labute approximate surface area is 73.0 Å². The van der Waals surface area contributed by atoms with Gasteiger partial charge in [-0.3, -0.25) is 0 Å². The normalized spacial score (nSPS) is 18.7. The van der Waals surface area contributed by atoms with E-state index in [0.717, 1.165) is 3.58 Å². The summed E-state index contributed by atoms with van der Waals surface area (Å²) in [4.78, 5) is 1.67. The zero-order chi connectivity index (χ0) is 7.72. The molecule has 54 valence electrons. The third kappa shape index (κ3) is 1.39. The number of hydrogen-bond acceptors (Lipinski definition) is 1. The van der Waals surface area contributed by atoms with Gasteiger partial charge in [0.2, 0.25) is 0 Å². The highest BCUT2D eigenvalue weighted by Gasteiger charge is 2.10. The average molecular weight is 251 g/mol. The van der Waals surface area contributed by atoms with Crippen LogP contribution in [0.5, 0.6) is 0 Å². The molecular formula is C7H7FIN. The molecule has 3 heteroatoms. The van der Waals surface area contributed by atoms with Crippen LogP contribution in [0.1, 0.15) is 0 Å². The Bertz CT molecular complexity index is 208. The molecule has 0 radical (unpaired) electrons. The van der Waals surface area contributed by atoms with Crippen molar-refractivity contribution in [3.05, 3.63) is 34.0 Å². The maximum Gasteiger partial charge on any atom is 0.147 e. The molecular weight excluding hydrogens is 244 g/mol. The first kappa shape index (κ1) is 7.78. The molecule has 0 spiro atoms. The van der Waals surface area contributed by atoms with Gasteiger partial charge in [-0.15, -0.1) is 0 Å². The van der Waals surface area contributed by atoms with Crippen molar-refractivity contribution in [3.8, 4) is 0 Å². The quantitative estimate of drug-likeness (QED) is 0.598. The Hall–Kier alpha value is -0.320. The first-order valence-corrected chi connectivity index (χ1v) is 3.85. The molecule has 0 unspecified atom stereocenters. The van der Waals surface area contributed by atoms with E-state index in [1.807, 2.05) is 6.20 Å². The van der Waals surface area contributed by atoms with Gasteiger partial charge in [-0.05, 0) is 22.6 Å². The Kier molecular flexibility index (Phi) is 2.13.